The second kappa shape index (κ2) is 4.82. The lowest BCUT2D eigenvalue weighted by atomic mass is 10.5. The van der Waals surface area contributed by atoms with Crippen LogP contribution < -0.4 is 10.1 Å². The molecule has 90 valence electrons. The molecule has 0 fully saturated rings. The number of nitrogens with one attached hydrogen (secondary N) is 1. The van der Waals surface area contributed by atoms with Crippen LogP contribution in [0.15, 0.2) is 18.3 Å². The fourth-order valence-corrected chi connectivity index (χ4v) is 1.43. The van der Waals surface area contributed by atoms with Crippen LogP contribution in [-0.2, 0) is 7.05 Å². The molecule has 6 heteroatoms. The maximum atomic E-state index is 5.63. The van der Waals surface area contributed by atoms with Crippen molar-refractivity contribution in [1.82, 2.24) is 19.7 Å². The number of rotatable bonds is 4. The second-order valence-electron chi connectivity index (χ2n) is 3.60. The van der Waals surface area contributed by atoms with Gasteiger partial charge in [-0.3, -0.25) is 0 Å². The summed E-state index contributed by atoms with van der Waals surface area (Å²) in [4.78, 5) is 8.30. The number of hydrogen-bond donors (Lipinski definition) is 1. The third-order valence-corrected chi connectivity index (χ3v) is 2.13. The molecule has 2 rings (SSSR count). The van der Waals surface area contributed by atoms with Gasteiger partial charge in [0.1, 0.15) is 0 Å². The zero-order chi connectivity index (χ0) is 12.3. The van der Waals surface area contributed by atoms with Crippen LogP contribution in [0.4, 0.5) is 5.95 Å². The van der Waals surface area contributed by atoms with E-state index in [4.69, 9.17) is 4.74 Å². The number of nitrogens with zero attached hydrogens (tertiary/aromatic N) is 4. The third kappa shape index (κ3) is 2.72. The Morgan fingerprint density at radius 1 is 1.47 bits per heavy atom. The average Bonchev–Trinajstić information content (AvgIpc) is 2.58. The van der Waals surface area contributed by atoms with Gasteiger partial charge < -0.3 is 10.1 Å². The first kappa shape index (κ1) is 11.4. The lowest BCUT2D eigenvalue weighted by molar-refractivity contribution is 0.415. The van der Waals surface area contributed by atoms with Crippen molar-refractivity contribution in [3.05, 3.63) is 24.0 Å². The summed E-state index contributed by atoms with van der Waals surface area (Å²) < 4.78 is 7.30. The summed E-state index contributed by atoms with van der Waals surface area (Å²) in [5.41, 5.74) is 0.906. The van der Waals surface area contributed by atoms with Gasteiger partial charge in [-0.15, -0.1) is 0 Å². The van der Waals surface area contributed by atoms with E-state index in [-0.39, 0.29) is 0 Å². The van der Waals surface area contributed by atoms with Crippen molar-refractivity contribution >= 4 is 5.95 Å². The number of aromatic nitrogens is 4. The molecule has 0 saturated heterocycles. The minimum atomic E-state index is 0.499. The van der Waals surface area contributed by atoms with Crippen molar-refractivity contribution < 1.29 is 4.74 Å². The Morgan fingerprint density at radius 2 is 2.29 bits per heavy atom. The molecule has 6 nitrogen and oxygen atoms in total. The Hall–Kier alpha value is -2.11. The van der Waals surface area contributed by atoms with E-state index in [1.54, 1.807) is 16.9 Å². The fraction of sp³-hybridized carbons (Fsp3) is 0.364. The molecule has 1 N–H and O–H groups in total. The lowest BCUT2D eigenvalue weighted by Crippen LogP contribution is -2.03. The monoisotopic (exact) mass is 233 g/mol. The minimum absolute atomic E-state index is 0.499. The molecule has 0 amide bonds. The molecule has 0 saturated carbocycles. The Morgan fingerprint density at radius 3 is 2.94 bits per heavy atom. The Labute approximate surface area is 99.7 Å². The molecule has 2 aromatic heterocycles. The van der Waals surface area contributed by atoms with Crippen LogP contribution in [0.2, 0.25) is 0 Å². The number of ether oxygens (including phenoxy) is 1. The van der Waals surface area contributed by atoms with Gasteiger partial charge in [0, 0.05) is 31.9 Å². The highest BCUT2D eigenvalue weighted by Gasteiger charge is 2.06. The molecule has 0 atom stereocenters. The number of hydrogen-bond acceptors (Lipinski definition) is 5. The van der Waals surface area contributed by atoms with E-state index < -0.39 is 0 Å². The highest BCUT2D eigenvalue weighted by molar-refractivity contribution is 5.29. The van der Waals surface area contributed by atoms with Gasteiger partial charge in [-0.05, 0) is 13.8 Å². The van der Waals surface area contributed by atoms with Crippen LogP contribution in [0.5, 0.6) is 11.8 Å². The molecular weight excluding hydrogens is 218 g/mol. The summed E-state index contributed by atoms with van der Waals surface area (Å²) in [6, 6.07) is 3.57. The smallest absolute Gasteiger partial charge is 0.226 e. The lowest BCUT2D eigenvalue weighted by Gasteiger charge is -2.05. The van der Waals surface area contributed by atoms with Crippen LogP contribution >= 0.6 is 0 Å². The zero-order valence-electron chi connectivity index (χ0n) is 10.1. The van der Waals surface area contributed by atoms with E-state index in [1.807, 2.05) is 27.0 Å². The van der Waals surface area contributed by atoms with Gasteiger partial charge in [0.25, 0.3) is 0 Å². The first-order chi connectivity index (χ1) is 8.19. The van der Waals surface area contributed by atoms with Crippen molar-refractivity contribution in [2.24, 2.45) is 7.05 Å². The van der Waals surface area contributed by atoms with E-state index in [0.29, 0.717) is 17.7 Å². The van der Waals surface area contributed by atoms with Crippen molar-refractivity contribution in [2.45, 2.75) is 13.8 Å². The molecule has 0 bridgehead atoms. The molecule has 17 heavy (non-hydrogen) atoms. The van der Waals surface area contributed by atoms with Crippen LogP contribution in [0.1, 0.15) is 12.6 Å². The topological polar surface area (TPSA) is 64.9 Å². The van der Waals surface area contributed by atoms with Crippen LogP contribution in [0.25, 0.3) is 0 Å². The summed E-state index contributed by atoms with van der Waals surface area (Å²) in [6.45, 7) is 4.67. The van der Waals surface area contributed by atoms with Gasteiger partial charge in [-0.25, -0.2) is 9.67 Å². The Bertz CT molecular complexity index is 508. The SMILES string of the molecule is CCNc1nccc(Oc2cc(C)nn2C)n1. The highest BCUT2D eigenvalue weighted by atomic mass is 16.5. The van der Waals surface area contributed by atoms with E-state index in [9.17, 15) is 0 Å². The summed E-state index contributed by atoms with van der Waals surface area (Å²) in [6.07, 6.45) is 1.66. The second-order valence-corrected chi connectivity index (χ2v) is 3.60. The molecule has 0 aromatic carbocycles. The summed E-state index contributed by atoms with van der Waals surface area (Å²) >= 11 is 0. The van der Waals surface area contributed by atoms with Gasteiger partial charge in [-0.1, -0.05) is 0 Å². The molecule has 2 aromatic rings. The quantitative estimate of drug-likeness (QED) is 0.871. The van der Waals surface area contributed by atoms with Gasteiger partial charge in [0.15, 0.2) is 0 Å². The predicted molar refractivity (Wildman–Crippen MR) is 64.2 cm³/mol. The molecule has 0 unspecified atom stereocenters. The van der Waals surface area contributed by atoms with E-state index in [2.05, 4.69) is 20.4 Å². The van der Waals surface area contributed by atoms with Crippen molar-refractivity contribution in [3.8, 4) is 11.8 Å². The zero-order valence-corrected chi connectivity index (χ0v) is 10.1. The number of anilines is 1. The first-order valence-electron chi connectivity index (χ1n) is 5.44. The molecule has 0 spiro atoms. The summed E-state index contributed by atoms with van der Waals surface area (Å²) in [5.74, 6) is 1.71. The van der Waals surface area contributed by atoms with Gasteiger partial charge >= 0.3 is 0 Å². The Kier molecular flexibility index (Phi) is 3.22. The fourth-order valence-electron chi connectivity index (χ4n) is 1.43. The van der Waals surface area contributed by atoms with Crippen molar-refractivity contribution in [1.29, 1.82) is 0 Å². The Balaban J connectivity index is 2.18. The summed E-state index contributed by atoms with van der Waals surface area (Å²) in [7, 11) is 1.83. The summed E-state index contributed by atoms with van der Waals surface area (Å²) in [5, 5.41) is 7.23. The maximum Gasteiger partial charge on any atom is 0.226 e. The van der Waals surface area contributed by atoms with E-state index in [0.717, 1.165) is 12.2 Å². The normalized spacial score (nSPS) is 10.3. The highest BCUT2D eigenvalue weighted by Crippen LogP contribution is 2.19. The van der Waals surface area contributed by atoms with Gasteiger partial charge in [0.05, 0.1) is 5.69 Å². The number of aryl methyl sites for hydroxylation is 2. The first-order valence-corrected chi connectivity index (χ1v) is 5.44. The standard InChI is InChI=1S/C11H15N5O/c1-4-12-11-13-6-5-9(14-11)17-10-7-8(2)15-16(10)3/h5-7H,4H2,1-3H3,(H,12,13,14). The molecule has 0 aliphatic carbocycles. The van der Waals surface area contributed by atoms with E-state index >= 15 is 0 Å². The largest absolute Gasteiger partial charge is 0.421 e. The molecule has 0 aliphatic rings. The maximum absolute atomic E-state index is 5.63. The van der Waals surface area contributed by atoms with Gasteiger partial charge in [-0.2, -0.15) is 10.1 Å². The van der Waals surface area contributed by atoms with Crippen molar-refractivity contribution in [2.75, 3.05) is 11.9 Å². The molecule has 2 heterocycles. The molecular formula is C11H15N5O. The average molecular weight is 233 g/mol. The molecule has 0 aliphatic heterocycles. The minimum Gasteiger partial charge on any atom is -0.421 e. The van der Waals surface area contributed by atoms with Gasteiger partial charge in [0.2, 0.25) is 17.7 Å². The van der Waals surface area contributed by atoms with E-state index in [1.165, 1.54) is 0 Å². The predicted octanol–water partition coefficient (Wildman–Crippen LogP) is 1.74. The van der Waals surface area contributed by atoms with Crippen LogP contribution in [0, 0.1) is 6.92 Å². The molecule has 0 radical (unpaired) electrons. The van der Waals surface area contributed by atoms with Crippen LogP contribution in [-0.4, -0.2) is 26.3 Å². The third-order valence-electron chi connectivity index (χ3n) is 2.13. The van der Waals surface area contributed by atoms with Crippen LogP contribution in [0.3, 0.4) is 0 Å². The van der Waals surface area contributed by atoms with Crippen molar-refractivity contribution in [3.63, 3.8) is 0 Å².